The first-order chi connectivity index (χ1) is 10.7. The maximum atomic E-state index is 12.2. The molecular weight excluding hydrogens is 278 g/mol. The summed E-state index contributed by atoms with van der Waals surface area (Å²) in [5, 5.41) is 16.0. The van der Waals surface area contributed by atoms with Gasteiger partial charge in [-0.3, -0.25) is 9.48 Å². The van der Waals surface area contributed by atoms with Crippen LogP contribution in [0.2, 0.25) is 0 Å². The monoisotopic (exact) mass is 295 g/mol. The summed E-state index contributed by atoms with van der Waals surface area (Å²) in [5.74, 6) is 0.319. The highest BCUT2D eigenvalue weighted by Crippen LogP contribution is 2.23. The van der Waals surface area contributed by atoms with E-state index in [1.54, 1.807) is 9.58 Å². The van der Waals surface area contributed by atoms with Gasteiger partial charge in [-0.2, -0.15) is 10.4 Å². The summed E-state index contributed by atoms with van der Waals surface area (Å²) in [4.78, 5) is 13.8. The molecule has 6 heteroatoms. The number of nitrogens with zero attached hydrogens (tertiary/aromatic N) is 4. The smallest absolute Gasteiger partial charge is 0.230 e. The highest BCUT2D eigenvalue weighted by Gasteiger charge is 2.28. The number of hydrogen-bond donors (Lipinski definition) is 1. The lowest BCUT2D eigenvalue weighted by Gasteiger charge is -2.08. The number of hydrogen-bond acceptors (Lipinski definition) is 4. The Hall–Kier alpha value is -2.81. The van der Waals surface area contributed by atoms with Crippen molar-refractivity contribution in [3.63, 3.8) is 0 Å². The highest BCUT2D eigenvalue weighted by molar-refractivity contribution is 5.92. The lowest BCUT2D eigenvalue weighted by molar-refractivity contribution is -0.119. The van der Waals surface area contributed by atoms with E-state index in [1.807, 2.05) is 43.4 Å². The Bertz CT molecular complexity index is 716. The first kappa shape index (κ1) is 14.1. The number of aryl methyl sites for hydroxylation is 1. The predicted molar refractivity (Wildman–Crippen MR) is 82.6 cm³/mol. The first-order valence-electron chi connectivity index (χ1n) is 7.22. The van der Waals surface area contributed by atoms with Crippen LogP contribution in [0.5, 0.6) is 0 Å². The number of nitrogens with one attached hydrogen (secondary N) is 1. The fourth-order valence-corrected chi connectivity index (χ4v) is 2.70. The molecular formula is C16H17N5O. The molecule has 2 aromatic rings. The van der Waals surface area contributed by atoms with Crippen LogP contribution in [-0.2, 0) is 11.8 Å². The maximum Gasteiger partial charge on any atom is 0.230 e. The molecule has 0 spiro atoms. The molecule has 0 radical (unpaired) electrons. The van der Waals surface area contributed by atoms with Gasteiger partial charge in [0.25, 0.3) is 0 Å². The molecule has 1 amide bonds. The number of aromatic nitrogens is 2. The van der Waals surface area contributed by atoms with Crippen molar-refractivity contribution >= 4 is 11.7 Å². The minimum absolute atomic E-state index is 0.0736. The summed E-state index contributed by atoms with van der Waals surface area (Å²) in [5.41, 5.74) is 2.00. The van der Waals surface area contributed by atoms with Gasteiger partial charge in [0.15, 0.2) is 12.0 Å². The van der Waals surface area contributed by atoms with Crippen LogP contribution in [0.4, 0.5) is 5.82 Å². The third-order valence-corrected chi connectivity index (χ3v) is 3.90. The van der Waals surface area contributed by atoms with Crippen LogP contribution in [0.25, 0.3) is 11.3 Å². The molecule has 1 aromatic heterocycles. The Morgan fingerprint density at radius 3 is 2.86 bits per heavy atom. The Morgan fingerprint density at radius 2 is 2.18 bits per heavy atom. The van der Waals surface area contributed by atoms with Gasteiger partial charge in [-0.05, 0) is 12.0 Å². The molecule has 3 rings (SSSR count). The molecule has 6 nitrogen and oxygen atoms in total. The lowest BCUT2D eigenvalue weighted by atomic mass is 10.1. The zero-order valence-electron chi connectivity index (χ0n) is 12.4. The van der Waals surface area contributed by atoms with Crippen LogP contribution in [0.15, 0.2) is 36.4 Å². The van der Waals surface area contributed by atoms with Crippen molar-refractivity contribution < 1.29 is 4.79 Å². The molecule has 0 aliphatic carbocycles. The Balaban J connectivity index is 1.72. The number of benzene rings is 1. The summed E-state index contributed by atoms with van der Waals surface area (Å²) >= 11 is 0. The minimum atomic E-state index is -0.151. The van der Waals surface area contributed by atoms with E-state index in [4.69, 9.17) is 5.26 Å². The number of likely N-dealkylation sites (tertiary alicyclic amines) is 1. The van der Waals surface area contributed by atoms with Crippen molar-refractivity contribution in [2.45, 2.75) is 6.42 Å². The van der Waals surface area contributed by atoms with Crippen LogP contribution in [0.3, 0.4) is 0 Å². The number of nitriles is 1. The van der Waals surface area contributed by atoms with Gasteiger partial charge in [0.2, 0.25) is 5.91 Å². The third-order valence-electron chi connectivity index (χ3n) is 3.90. The van der Waals surface area contributed by atoms with Crippen molar-refractivity contribution in [1.29, 1.82) is 5.26 Å². The van der Waals surface area contributed by atoms with Crippen LogP contribution >= 0.6 is 0 Å². The number of carbonyl (C=O) groups excluding carboxylic acids is 1. The highest BCUT2D eigenvalue weighted by atomic mass is 16.2. The molecule has 1 aliphatic heterocycles. The number of carbonyl (C=O) groups is 1. The van der Waals surface area contributed by atoms with E-state index in [2.05, 4.69) is 16.6 Å². The van der Waals surface area contributed by atoms with Gasteiger partial charge in [-0.1, -0.05) is 30.3 Å². The van der Waals surface area contributed by atoms with E-state index >= 15 is 0 Å². The second-order valence-electron chi connectivity index (χ2n) is 5.43. The van der Waals surface area contributed by atoms with Crippen LogP contribution in [0, 0.1) is 17.4 Å². The Labute approximate surface area is 129 Å². The summed E-state index contributed by atoms with van der Waals surface area (Å²) < 4.78 is 1.75. The maximum absolute atomic E-state index is 12.2. The van der Waals surface area contributed by atoms with Gasteiger partial charge in [0.1, 0.15) is 0 Å². The normalized spacial score (nSPS) is 17.3. The predicted octanol–water partition coefficient (Wildman–Crippen LogP) is 1.83. The standard InChI is InChI=1S/C16H17N5O/c1-20-14(12-5-3-2-4-6-12)9-15(19-20)18-16(22)13-7-8-21(10-13)11-17/h2-6,9,13H,7-8,10H2,1H3,(H,18,19,22)/t13-/m0/s1. The molecule has 112 valence electrons. The third kappa shape index (κ3) is 2.79. The van der Waals surface area contributed by atoms with Crippen molar-refractivity contribution in [1.82, 2.24) is 14.7 Å². The van der Waals surface area contributed by atoms with E-state index in [0.717, 1.165) is 11.3 Å². The van der Waals surface area contributed by atoms with Gasteiger partial charge in [-0.25, -0.2) is 0 Å². The van der Waals surface area contributed by atoms with Crippen LogP contribution in [0.1, 0.15) is 6.42 Å². The first-order valence-corrected chi connectivity index (χ1v) is 7.22. The Kier molecular flexibility index (Phi) is 3.79. The summed E-state index contributed by atoms with van der Waals surface area (Å²) in [6, 6.07) is 11.8. The molecule has 1 fully saturated rings. The molecule has 1 N–H and O–H groups in total. The van der Waals surface area contributed by atoms with Crippen molar-refractivity contribution in [2.75, 3.05) is 18.4 Å². The molecule has 0 saturated carbocycles. The van der Waals surface area contributed by atoms with E-state index in [-0.39, 0.29) is 11.8 Å². The average Bonchev–Trinajstić information content (AvgIpc) is 3.15. The number of anilines is 1. The number of amides is 1. The molecule has 1 saturated heterocycles. The molecule has 1 aliphatic rings. The van der Waals surface area contributed by atoms with E-state index in [1.165, 1.54) is 0 Å². The van der Waals surface area contributed by atoms with Gasteiger partial charge < -0.3 is 10.2 Å². The van der Waals surface area contributed by atoms with Crippen LogP contribution < -0.4 is 5.32 Å². The van der Waals surface area contributed by atoms with Gasteiger partial charge >= 0.3 is 0 Å². The molecule has 22 heavy (non-hydrogen) atoms. The Morgan fingerprint density at radius 1 is 1.41 bits per heavy atom. The molecule has 1 aromatic carbocycles. The van der Waals surface area contributed by atoms with Crippen molar-refractivity contribution in [3.8, 4) is 17.5 Å². The van der Waals surface area contributed by atoms with Crippen molar-refractivity contribution in [2.24, 2.45) is 13.0 Å². The zero-order chi connectivity index (χ0) is 15.5. The molecule has 2 heterocycles. The molecule has 0 unspecified atom stereocenters. The summed E-state index contributed by atoms with van der Waals surface area (Å²) in [6.45, 7) is 1.13. The summed E-state index contributed by atoms with van der Waals surface area (Å²) in [7, 11) is 1.85. The van der Waals surface area contributed by atoms with Crippen LogP contribution in [-0.4, -0.2) is 33.7 Å². The lowest BCUT2D eigenvalue weighted by Crippen LogP contribution is -2.25. The second kappa shape index (κ2) is 5.90. The fourth-order valence-electron chi connectivity index (χ4n) is 2.70. The van der Waals surface area contributed by atoms with E-state index in [9.17, 15) is 4.79 Å². The number of rotatable bonds is 3. The van der Waals surface area contributed by atoms with E-state index in [0.29, 0.717) is 25.3 Å². The second-order valence-corrected chi connectivity index (χ2v) is 5.43. The van der Waals surface area contributed by atoms with Gasteiger partial charge in [0.05, 0.1) is 11.6 Å². The van der Waals surface area contributed by atoms with Gasteiger partial charge in [-0.15, -0.1) is 0 Å². The average molecular weight is 295 g/mol. The molecule has 0 bridgehead atoms. The fraction of sp³-hybridized carbons (Fsp3) is 0.312. The van der Waals surface area contributed by atoms with E-state index < -0.39 is 0 Å². The largest absolute Gasteiger partial charge is 0.310 e. The molecule has 1 atom stereocenters. The quantitative estimate of drug-likeness (QED) is 0.877. The SMILES string of the molecule is Cn1nc(NC(=O)[C@H]2CCN(C#N)C2)cc1-c1ccccc1. The zero-order valence-corrected chi connectivity index (χ0v) is 12.4. The van der Waals surface area contributed by atoms with Gasteiger partial charge in [0, 0.05) is 26.2 Å². The summed E-state index contributed by atoms with van der Waals surface area (Å²) in [6.07, 6.45) is 2.79. The topological polar surface area (TPSA) is 74.0 Å². The van der Waals surface area contributed by atoms with Crippen molar-refractivity contribution in [3.05, 3.63) is 36.4 Å². The minimum Gasteiger partial charge on any atom is -0.310 e.